The third-order valence-electron chi connectivity index (χ3n) is 2.94. The molecule has 1 aromatic carbocycles. The van der Waals surface area contributed by atoms with Gasteiger partial charge >= 0.3 is 5.97 Å². The predicted octanol–water partition coefficient (Wildman–Crippen LogP) is 0.973. The van der Waals surface area contributed by atoms with E-state index in [-0.39, 0.29) is 12.2 Å². The first-order valence-electron chi connectivity index (χ1n) is 6.35. The van der Waals surface area contributed by atoms with Gasteiger partial charge in [0.1, 0.15) is 27.5 Å². The number of nitrogens with one attached hydrogen (secondary N) is 1. The highest BCUT2D eigenvalue weighted by molar-refractivity contribution is 7.91. The number of carboxylic acid groups (broad SMARTS) is 1. The van der Waals surface area contributed by atoms with Crippen molar-refractivity contribution in [3.05, 3.63) is 35.4 Å². The number of sulfone groups is 1. The van der Waals surface area contributed by atoms with Gasteiger partial charge in [-0.15, -0.1) is 0 Å². The third-order valence-corrected chi connectivity index (χ3v) is 4.67. The standard InChI is InChI=1S/C13H15F2NO5S/c1-2-22(20,21)6-5-11(13(18)19)16-12(17)9-4-3-8(14)7-10(9)15/h3-4,7,11H,2,5-6H2,1H3,(H,16,17)(H,18,19). The lowest BCUT2D eigenvalue weighted by atomic mass is 10.1. The zero-order valence-corrected chi connectivity index (χ0v) is 12.5. The minimum atomic E-state index is -3.40. The van der Waals surface area contributed by atoms with Gasteiger partial charge in [-0.05, 0) is 18.6 Å². The Kier molecular flexibility index (Phi) is 5.98. The largest absolute Gasteiger partial charge is 0.480 e. The molecule has 22 heavy (non-hydrogen) atoms. The Morgan fingerprint density at radius 1 is 1.32 bits per heavy atom. The van der Waals surface area contributed by atoms with Crippen molar-refractivity contribution in [3.8, 4) is 0 Å². The molecule has 0 fully saturated rings. The minimum Gasteiger partial charge on any atom is -0.480 e. The fourth-order valence-corrected chi connectivity index (χ4v) is 2.49. The van der Waals surface area contributed by atoms with Crippen LogP contribution < -0.4 is 5.32 Å². The Balaban J connectivity index is 2.82. The molecule has 0 heterocycles. The Hall–Kier alpha value is -2.03. The lowest BCUT2D eigenvalue weighted by Crippen LogP contribution is -2.42. The van der Waals surface area contributed by atoms with Crippen molar-refractivity contribution in [1.29, 1.82) is 0 Å². The van der Waals surface area contributed by atoms with E-state index in [0.717, 1.165) is 12.1 Å². The van der Waals surface area contributed by atoms with Gasteiger partial charge < -0.3 is 10.4 Å². The van der Waals surface area contributed by atoms with E-state index in [4.69, 9.17) is 5.11 Å². The van der Waals surface area contributed by atoms with E-state index in [9.17, 15) is 26.8 Å². The second-order valence-corrected chi connectivity index (χ2v) is 6.99. The SMILES string of the molecule is CCS(=O)(=O)CCC(NC(=O)c1ccc(F)cc1F)C(=O)O. The summed E-state index contributed by atoms with van der Waals surface area (Å²) >= 11 is 0. The van der Waals surface area contributed by atoms with Gasteiger partial charge in [0.25, 0.3) is 5.91 Å². The highest BCUT2D eigenvalue weighted by atomic mass is 32.2. The van der Waals surface area contributed by atoms with Crippen LogP contribution in [0.1, 0.15) is 23.7 Å². The maximum atomic E-state index is 13.4. The van der Waals surface area contributed by atoms with Crippen LogP contribution in [0.25, 0.3) is 0 Å². The molecule has 1 rings (SSSR count). The summed E-state index contributed by atoms with van der Waals surface area (Å²) in [6, 6.07) is 0.738. The van der Waals surface area contributed by atoms with E-state index < -0.39 is 50.7 Å². The number of hydrogen-bond donors (Lipinski definition) is 2. The van der Waals surface area contributed by atoms with Gasteiger partial charge in [0, 0.05) is 11.8 Å². The van der Waals surface area contributed by atoms with Gasteiger partial charge in [-0.25, -0.2) is 22.0 Å². The Morgan fingerprint density at radius 2 is 1.95 bits per heavy atom. The number of carbonyl (C=O) groups is 2. The summed E-state index contributed by atoms with van der Waals surface area (Å²) in [5.74, 6) is -5.09. The molecule has 122 valence electrons. The Morgan fingerprint density at radius 3 is 2.45 bits per heavy atom. The molecule has 0 bridgehead atoms. The van der Waals surface area contributed by atoms with Crippen LogP contribution in [0.15, 0.2) is 18.2 Å². The maximum Gasteiger partial charge on any atom is 0.326 e. The van der Waals surface area contributed by atoms with Crippen molar-refractivity contribution in [2.45, 2.75) is 19.4 Å². The highest BCUT2D eigenvalue weighted by Crippen LogP contribution is 2.10. The van der Waals surface area contributed by atoms with E-state index >= 15 is 0 Å². The van der Waals surface area contributed by atoms with Gasteiger partial charge in [-0.3, -0.25) is 4.79 Å². The monoisotopic (exact) mass is 335 g/mol. The zero-order valence-electron chi connectivity index (χ0n) is 11.7. The van der Waals surface area contributed by atoms with Gasteiger partial charge in [0.2, 0.25) is 0 Å². The summed E-state index contributed by atoms with van der Waals surface area (Å²) in [6.45, 7) is 1.41. The zero-order chi connectivity index (χ0) is 16.9. The van der Waals surface area contributed by atoms with Crippen LogP contribution in [0.4, 0.5) is 8.78 Å². The van der Waals surface area contributed by atoms with Crippen molar-refractivity contribution in [2.75, 3.05) is 11.5 Å². The molecule has 1 amide bonds. The second kappa shape index (κ2) is 7.30. The minimum absolute atomic E-state index is 0.153. The first-order valence-corrected chi connectivity index (χ1v) is 8.17. The number of hydrogen-bond acceptors (Lipinski definition) is 4. The maximum absolute atomic E-state index is 13.4. The summed E-state index contributed by atoms with van der Waals surface area (Å²) in [7, 11) is -3.40. The predicted molar refractivity (Wildman–Crippen MR) is 74.2 cm³/mol. The van der Waals surface area contributed by atoms with Crippen LogP contribution in [-0.2, 0) is 14.6 Å². The Bertz CT molecular complexity index is 675. The van der Waals surface area contributed by atoms with Crippen LogP contribution in [0.2, 0.25) is 0 Å². The Labute approximate surface area is 126 Å². The number of amides is 1. The summed E-state index contributed by atoms with van der Waals surface area (Å²) in [5.41, 5.74) is -0.522. The molecule has 0 spiro atoms. The number of aliphatic carboxylic acids is 1. The lowest BCUT2D eigenvalue weighted by molar-refractivity contribution is -0.139. The molecule has 2 N–H and O–H groups in total. The first kappa shape index (κ1) is 18.0. The number of benzene rings is 1. The van der Waals surface area contributed by atoms with Crippen LogP contribution in [0.5, 0.6) is 0 Å². The quantitative estimate of drug-likeness (QED) is 0.773. The molecule has 1 atom stereocenters. The molecule has 0 aliphatic rings. The van der Waals surface area contributed by atoms with Crippen molar-refractivity contribution >= 4 is 21.7 Å². The molecule has 0 aliphatic heterocycles. The molecule has 0 saturated carbocycles. The normalized spacial score (nSPS) is 12.7. The molecule has 0 radical (unpaired) electrons. The molecular weight excluding hydrogens is 320 g/mol. The van der Waals surface area contributed by atoms with E-state index in [0.29, 0.717) is 6.07 Å². The number of carbonyl (C=O) groups excluding carboxylic acids is 1. The topological polar surface area (TPSA) is 101 Å². The number of carboxylic acids is 1. The van der Waals surface area contributed by atoms with E-state index in [2.05, 4.69) is 0 Å². The van der Waals surface area contributed by atoms with Crippen molar-refractivity contribution in [3.63, 3.8) is 0 Å². The fraction of sp³-hybridized carbons (Fsp3) is 0.385. The number of halogens is 2. The average molecular weight is 335 g/mol. The first-order chi connectivity index (χ1) is 10.2. The summed E-state index contributed by atoms with van der Waals surface area (Å²) in [6.07, 6.45) is -0.347. The van der Waals surface area contributed by atoms with Crippen LogP contribution >= 0.6 is 0 Å². The average Bonchev–Trinajstić information content (AvgIpc) is 2.42. The molecule has 9 heteroatoms. The van der Waals surface area contributed by atoms with Crippen molar-refractivity contribution < 1.29 is 31.9 Å². The summed E-state index contributed by atoms with van der Waals surface area (Å²) in [5, 5.41) is 11.0. The van der Waals surface area contributed by atoms with Crippen molar-refractivity contribution in [1.82, 2.24) is 5.32 Å². The van der Waals surface area contributed by atoms with Crippen LogP contribution in [-0.4, -0.2) is 42.9 Å². The van der Waals surface area contributed by atoms with Crippen LogP contribution in [0.3, 0.4) is 0 Å². The highest BCUT2D eigenvalue weighted by Gasteiger charge is 2.24. The van der Waals surface area contributed by atoms with Crippen LogP contribution in [0, 0.1) is 11.6 Å². The number of rotatable bonds is 7. The molecule has 1 aromatic rings. The smallest absolute Gasteiger partial charge is 0.326 e. The van der Waals surface area contributed by atoms with Gasteiger partial charge in [0.15, 0.2) is 0 Å². The van der Waals surface area contributed by atoms with Gasteiger partial charge in [-0.1, -0.05) is 6.92 Å². The molecule has 0 aromatic heterocycles. The van der Waals surface area contributed by atoms with Gasteiger partial charge in [0.05, 0.1) is 11.3 Å². The molecule has 0 aliphatic carbocycles. The molecule has 1 unspecified atom stereocenters. The third kappa shape index (κ3) is 5.06. The molecular formula is C13H15F2NO5S. The fourth-order valence-electron chi connectivity index (χ4n) is 1.61. The summed E-state index contributed by atoms with van der Waals surface area (Å²) in [4.78, 5) is 22.8. The van der Waals surface area contributed by atoms with Crippen molar-refractivity contribution in [2.24, 2.45) is 0 Å². The van der Waals surface area contributed by atoms with E-state index in [1.54, 1.807) is 0 Å². The van der Waals surface area contributed by atoms with Gasteiger partial charge in [-0.2, -0.15) is 0 Å². The lowest BCUT2D eigenvalue weighted by Gasteiger charge is -2.14. The molecule has 0 saturated heterocycles. The molecule has 6 nitrogen and oxygen atoms in total. The second-order valence-electron chi connectivity index (χ2n) is 4.51. The summed E-state index contributed by atoms with van der Waals surface area (Å²) < 4.78 is 48.9. The van der Waals surface area contributed by atoms with E-state index in [1.807, 2.05) is 5.32 Å². The van der Waals surface area contributed by atoms with E-state index in [1.165, 1.54) is 6.92 Å².